The maximum absolute atomic E-state index is 12.3. The Morgan fingerprint density at radius 2 is 2.04 bits per heavy atom. The summed E-state index contributed by atoms with van der Waals surface area (Å²) in [4.78, 5) is 20.7. The zero-order valence-electron chi connectivity index (χ0n) is 14.1. The van der Waals surface area contributed by atoms with E-state index in [0.29, 0.717) is 26.7 Å². The second-order valence-electron chi connectivity index (χ2n) is 5.37. The van der Waals surface area contributed by atoms with Crippen LogP contribution in [0.25, 0.3) is 6.08 Å². The van der Waals surface area contributed by atoms with Gasteiger partial charge < -0.3 is 9.73 Å². The molecule has 0 atom stereocenters. The molecule has 0 aliphatic carbocycles. The summed E-state index contributed by atoms with van der Waals surface area (Å²) >= 11 is 7.07. The van der Waals surface area contributed by atoms with E-state index in [1.54, 1.807) is 48.7 Å². The van der Waals surface area contributed by atoms with Gasteiger partial charge in [0.2, 0.25) is 0 Å². The van der Waals surface area contributed by atoms with Crippen LogP contribution in [0.2, 0.25) is 5.02 Å². The summed E-state index contributed by atoms with van der Waals surface area (Å²) in [5, 5.41) is 13.6. The molecule has 8 heteroatoms. The molecule has 3 aromatic rings. The number of hydrogen-bond donors (Lipinski definition) is 1. The van der Waals surface area contributed by atoms with Crippen molar-refractivity contribution in [2.24, 2.45) is 0 Å². The van der Waals surface area contributed by atoms with Crippen LogP contribution in [-0.4, -0.2) is 15.9 Å². The molecule has 3 rings (SSSR count). The SMILES string of the molecule is Cc1ccnc(Sc2ccc(/C=C(\C#N)C(=O)Nc3ccc(Cl)cc3)o2)n1. The van der Waals surface area contributed by atoms with Crippen molar-refractivity contribution in [3.05, 3.63) is 70.7 Å². The molecule has 0 fully saturated rings. The van der Waals surface area contributed by atoms with Gasteiger partial charge in [0.15, 0.2) is 10.2 Å². The molecule has 0 bridgehead atoms. The zero-order chi connectivity index (χ0) is 19.2. The number of hydrogen-bond acceptors (Lipinski definition) is 6. The fraction of sp³-hybridized carbons (Fsp3) is 0.0526. The number of carbonyl (C=O) groups is 1. The van der Waals surface area contributed by atoms with Crippen LogP contribution in [0, 0.1) is 18.3 Å². The van der Waals surface area contributed by atoms with Crippen LogP contribution in [0.5, 0.6) is 0 Å². The van der Waals surface area contributed by atoms with Gasteiger partial charge in [-0.25, -0.2) is 9.97 Å². The van der Waals surface area contributed by atoms with Crippen molar-refractivity contribution in [2.75, 3.05) is 5.32 Å². The number of carbonyl (C=O) groups excluding carboxylic acids is 1. The van der Waals surface area contributed by atoms with Gasteiger partial charge in [-0.3, -0.25) is 4.79 Å². The number of nitrogens with zero attached hydrogens (tertiary/aromatic N) is 3. The first-order valence-corrected chi connectivity index (χ1v) is 8.99. The number of nitriles is 1. The molecule has 0 unspecified atom stereocenters. The summed E-state index contributed by atoms with van der Waals surface area (Å²) in [5.41, 5.74) is 1.31. The Hall–Kier alpha value is -3.08. The van der Waals surface area contributed by atoms with E-state index in [1.807, 2.05) is 13.0 Å². The summed E-state index contributed by atoms with van der Waals surface area (Å²) in [7, 11) is 0. The number of amides is 1. The Bertz CT molecular complexity index is 1040. The molecule has 1 N–H and O–H groups in total. The van der Waals surface area contributed by atoms with Crippen molar-refractivity contribution < 1.29 is 9.21 Å². The third-order valence-corrected chi connectivity index (χ3v) is 4.37. The van der Waals surface area contributed by atoms with Crippen LogP contribution >= 0.6 is 23.4 Å². The predicted molar refractivity (Wildman–Crippen MR) is 103 cm³/mol. The van der Waals surface area contributed by atoms with Crippen molar-refractivity contribution in [1.29, 1.82) is 5.26 Å². The van der Waals surface area contributed by atoms with Gasteiger partial charge in [0.1, 0.15) is 17.4 Å². The molecule has 2 aromatic heterocycles. The van der Waals surface area contributed by atoms with Crippen LogP contribution in [0.1, 0.15) is 11.5 Å². The largest absolute Gasteiger partial charge is 0.450 e. The summed E-state index contributed by atoms with van der Waals surface area (Å²) < 4.78 is 5.63. The molecule has 2 heterocycles. The number of aryl methyl sites for hydroxylation is 1. The van der Waals surface area contributed by atoms with E-state index in [9.17, 15) is 10.1 Å². The Balaban J connectivity index is 1.72. The van der Waals surface area contributed by atoms with Gasteiger partial charge in [0.25, 0.3) is 5.91 Å². The fourth-order valence-corrected chi connectivity index (χ4v) is 2.94. The molecule has 1 aromatic carbocycles. The lowest BCUT2D eigenvalue weighted by atomic mass is 10.2. The average Bonchev–Trinajstić information content (AvgIpc) is 3.08. The average molecular weight is 397 g/mol. The van der Waals surface area contributed by atoms with Crippen molar-refractivity contribution in [2.45, 2.75) is 17.2 Å². The first kappa shape index (κ1) is 18.7. The van der Waals surface area contributed by atoms with Crippen molar-refractivity contribution in [3.63, 3.8) is 0 Å². The predicted octanol–water partition coefficient (Wildman–Crippen LogP) is 4.73. The number of anilines is 1. The van der Waals surface area contributed by atoms with E-state index in [1.165, 1.54) is 17.8 Å². The van der Waals surface area contributed by atoms with Crippen LogP contribution in [0.3, 0.4) is 0 Å². The minimum atomic E-state index is -0.535. The van der Waals surface area contributed by atoms with E-state index in [0.717, 1.165) is 5.69 Å². The second-order valence-corrected chi connectivity index (χ2v) is 6.78. The first-order chi connectivity index (χ1) is 13.0. The number of furan rings is 1. The molecular weight excluding hydrogens is 384 g/mol. The third-order valence-electron chi connectivity index (χ3n) is 3.32. The van der Waals surface area contributed by atoms with E-state index in [-0.39, 0.29) is 5.57 Å². The Kier molecular flexibility index (Phi) is 5.91. The number of halogens is 1. The number of nitrogens with one attached hydrogen (secondary N) is 1. The highest BCUT2D eigenvalue weighted by atomic mass is 35.5. The minimum Gasteiger partial charge on any atom is -0.450 e. The van der Waals surface area contributed by atoms with Gasteiger partial charge in [-0.15, -0.1) is 0 Å². The molecule has 0 radical (unpaired) electrons. The summed E-state index contributed by atoms with van der Waals surface area (Å²) in [6.07, 6.45) is 3.05. The fourth-order valence-electron chi connectivity index (χ4n) is 2.05. The number of rotatable bonds is 5. The van der Waals surface area contributed by atoms with Crippen molar-refractivity contribution in [1.82, 2.24) is 9.97 Å². The molecule has 1 amide bonds. The highest BCUT2D eigenvalue weighted by molar-refractivity contribution is 7.99. The molecule has 0 aliphatic heterocycles. The normalized spacial score (nSPS) is 11.1. The lowest BCUT2D eigenvalue weighted by molar-refractivity contribution is -0.112. The summed E-state index contributed by atoms with van der Waals surface area (Å²) in [6, 6.07) is 13.7. The van der Waals surface area contributed by atoms with Crippen LogP contribution < -0.4 is 5.32 Å². The van der Waals surface area contributed by atoms with Gasteiger partial charge in [-0.1, -0.05) is 11.6 Å². The standard InChI is InChI=1S/C19H13ClN4O2S/c1-12-8-9-22-19(23-12)27-17-7-6-16(26-17)10-13(11-21)18(25)24-15-4-2-14(20)3-5-15/h2-10H,1H3,(H,24,25)/b13-10+. The molecule has 0 saturated heterocycles. The molecule has 0 aliphatic rings. The molecule has 0 saturated carbocycles. The Labute approximate surface area is 164 Å². The Morgan fingerprint density at radius 1 is 1.26 bits per heavy atom. The number of aromatic nitrogens is 2. The van der Waals surface area contributed by atoms with Crippen LogP contribution in [0.15, 0.2) is 68.9 Å². The second kappa shape index (κ2) is 8.54. The van der Waals surface area contributed by atoms with E-state index in [4.69, 9.17) is 16.0 Å². The zero-order valence-corrected chi connectivity index (χ0v) is 15.7. The third kappa shape index (κ3) is 5.20. The highest BCUT2D eigenvalue weighted by Gasteiger charge is 2.12. The molecule has 27 heavy (non-hydrogen) atoms. The van der Waals surface area contributed by atoms with E-state index in [2.05, 4.69) is 15.3 Å². The molecule has 0 spiro atoms. The Morgan fingerprint density at radius 3 is 2.74 bits per heavy atom. The van der Waals surface area contributed by atoms with Crippen LogP contribution in [0.4, 0.5) is 5.69 Å². The van der Waals surface area contributed by atoms with Crippen molar-refractivity contribution >= 4 is 41.0 Å². The van der Waals surface area contributed by atoms with Gasteiger partial charge in [-0.05, 0) is 61.2 Å². The summed E-state index contributed by atoms with van der Waals surface area (Å²) in [5.74, 6) is -0.152. The van der Waals surface area contributed by atoms with E-state index >= 15 is 0 Å². The van der Waals surface area contributed by atoms with Crippen LogP contribution in [-0.2, 0) is 4.79 Å². The highest BCUT2D eigenvalue weighted by Crippen LogP contribution is 2.27. The van der Waals surface area contributed by atoms with Gasteiger partial charge in [0, 0.05) is 28.7 Å². The van der Waals surface area contributed by atoms with Gasteiger partial charge in [0.05, 0.1) is 0 Å². The smallest absolute Gasteiger partial charge is 0.266 e. The number of benzene rings is 1. The monoisotopic (exact) mass is 396 g/mol. The first-order valence-electron chi connectivity index (χ1n) is 7.79. The topological polar surface area (TPSA) is 91.8 Å². The van der Waals surface area contributed by atoms with Crippen molar-refractivity contribution in [3.8, 4) is 6.07 Å². The molecular formula is C19H13ClN4O2S. The maximum atomic E-state index is 12.3. The lowest BCUT2D eigenvalue weighted by Gasteiger charge is -2.03. The molecule has 134 valence electrons. The van der Waals surface area contributed by atoms with E-state index < -0.39 is 5.91 Å². The maximum Gasteiger partial charge on any atom is 0.266 e. The minimum absolute atomic E-state index is 0.0809. The van der Waals surface area contributed by atoms with Gasteiger partial charge in [-0.2, -0.15) is 5.26 Å². The molecule has 6 nitrogen and oxygen atoms in total. The lowest BCUT2D eigenvalue weighted by Crippen LogP contribution is -2.13. The van der Waals surface area contributed by atoms with Gasteiger partial charge >= 0.3 is 0 Å². The quantitative estimate of drug-likeness (QED) is 0.381. The summed E-state index contributed by atoms with van der Waals surface area (Å²) in [6.45, 7) is 1.88.